The lowest BCUT2D eigenvalue weighted by molar-refractivity contribution is -0.166. The van der Waals surface area contributed by atoms with Crippen molar-refractivity contribution in [3.63, 3.8) is 0 Å². The number of rotatable bonds is 52. The minimum absolute atomic E-state index is 0.117. The second-order valence-electron chi connectivity index (χ2n) is 19.2. The topological polar surface area (TPSA) is 78.9 Å². The van der Waals surface area contributed by atoms with Gasteiger partial charge in [-0.25, -0.2) is 0 Å². The summed E-state index contributed by atoms with van der Waals surface area (Å²) in [6.45, 7) is 6.50. The van der Waals surface area contributed by atoms with Crippen LogP contribution in [0.5, 0.6) is 0 Å². The summed E-state index contributed by atoms with van der Waals surface area (Å²) in [6.07, 6.45) is 79.4. The van der Waals surface area contributed by atoms with Crippen molar-refractivity contribution in [1.29, 1.82) is 0 Å². The molecule has 0 heterocycles. The van der Waals surface area contributed by atoms with Crippen LogP contribution in [0.4, 0.5) is 0 Å². The van der Waals surface area contributed by atoms with Crippen LogP contribution in [0.3, 0.4) is 0 Å². The van der Waals surface area contributed by atoms with Crippen molar-refractivity contribution in [1.82, 2.24) is 0 Å². The average Bonchev–Trinajstić information content (AvgIpc) is 3.37. The Morgan fingerprint density at radius 2 is 0.535 bits per heavy atom. The number of ether oxygens (including phenoxy) is 3. The van der Waals surface area contributed by atoms with Crippen LogP contribution in [0.1, 0.15) is 265 Å². The third-order valence-corrected chi connectivity index (χ3v) is 12.3. The van der Waals surface area contributed by atoms with Gasteiger partial charge in [0.15, 0.2) is 6.10 Å². The molecule has 0 amide bonds. The fraction of sp³-hybridized carbons (Fsp3) is 0.677. The van der Waals surface area contributed by atoms with Crippen LogP contribution in [-0.4, -0.2) is 37.2 Å². The summed E-state index contributed by atoms with van der Waals surface area (Å²) in [5, 5.41) is 0. The number of allylic oxidation sites excluding steroid dienone is 18. The zero-order chi connectivity index (χ0) is 51.4. The molecule has 0 aromatic carbocycles. The minimum Gasteiger partial charge on any atom is -0.462 e. The van der Waals surface area contributed by atoms with Crippen molar-refractivity contribution >= 4 is 17.9 Å². The molecule has 0 spiro atoms. The van der Waals surface area contributed by atoms with Gasteiger partial charge in [0.2, 0.25) is 0 Å². The third kappa shape index (κ3) is 56.9. The van der Waals surface area contributed by atoms with E-state index in [0.29, 0.717) is 19.3 Å². The average molecular weight is 986 g/mol. The Balaban J connectivity index is 4.55. The van der Waals surface area contributed by atoms with Crippen molar-refractivity contribution in [3.8, 4) is 0 Å². The van der Waals surface area contributed by atoms with Crippen LogP contribution in [-0.2, 0) is 28.6 Å². The smallest absolute Gasteiger partial charge is 0.306 e. The van der Waals surface area contributed by atoms with Crippen LogP contribution >= 0.6 is 0 Å². The summed E-state index contributed by atoms with van der Waals surface area (Å²) in [4.78, 5) is 38.2. The standard InChI is InChI=1S/C65H108O6/c1-4-7-10-13-16-19-22-25-28-30-32-34-37-39-42-45-48-51-54-57-63(66)69-60-62(71-65(68)59-56-53-50-47-44-41-36-27-24-21-18-15-12-9-6-3)61-70-64(67)58-55-52-49-46-43-40-38-35-33-31-29-26-23-20-17-14-11-8-5-2/h16-17,19-20,25-26,28-29,32-35,39-40,42-43,48,51,62H,4-15,18,21-24,27,30-31,36-38,41,44-47,49-50,52-61H2,1-3H3/b19-16-,20-17-,28-25-,29-26-,34-32-,35-33-,42-39-,43-40-,51-48-/t62-/m1/s1. The van der Waals surface area contributed by atoms with Gasteiger partial charge in [0, 0.05) is 19.3 Å². The molecule has 0 aliphatic heterocycles. The number of hydrogen-bond donors (Lipinski definition) is 0. The van der Waals surface area contributed by atoms with E-state index in [9.17, 15) is 14.4 Å². The van der Waals surface area contributed by atoms with Gasteiger partial charge in [-0.1, -0.05) is 252 Å². The zero-order valence-corrected chi connectivity index (χ0v) is 46.2. The largest absolute Gasteiger partial charge is 0.462 e. The van der Waals surface area contributed by atoms with Gasteiger partial charge < -0.3 is 14.2 Å². The maximum atomic E-state index is 12.9. The molecule has 0 aliphatic rings. The lowest BCUT2D eigenvalue weighted by Gasteiger charge is -2.18. The summed E-state index contributed by atoms with van der Waals surface area (Å²) in [5.74, 6) is -1.03. The number of unbranched alkanes of at least 4 members (excludes halogenated alkanes) is 23. The molecule has 0 aromatic rings. The Bertz CT molecular complexity index is 1460. The number of esters is 3. The summed E-state index contributed by atoms with van der Waals surface area (Å²) < 4.78 is 16.8. The van der Waals surface area contributed by atoms with E-state index < -0.39 is 6.10 Å². The van der Waals surface area contributed by atoms with Gasteiger partial charge in [-0.2, -0.15) is 0 Å². The molecule has 0 aliphatic carbocycles. The zero-order valence-electron chi connectivity index (χ0n) is 46.2. The van der Waals surface area contributed by atoms with Gasteiger partial charge in [0.25, 0.3) is 0 Å². The highest BCUT2D eigenvalue weighted by molar-refractivity contribution is 5.71. The fourth-order valence-corrected chi connectivity index (χ4v) is 7.82. The monoisotopic (exact) mass is 985 g/mol. The fourth-order valence-electron chi connectivity index (χ4n) is 7.82. The molecule has 6 heteroatoms. The highest BCUT2D eigenvalue weighted by Gasteiger charge is 2.19. The molecule has 6 nitrogen and oxygen atoms in total. The van der Waals surface area contributed by atoms with Crippen LogP contribution in [0.15, 0.2) is 109 Å². The van der Waals surface area contributed by atoms with E-state index >= 15 is 0 Å². The molecule has 0 radical (unpaired) electrons. The van der Waals surface area contributed by atoms with Crippen LogP contribution in [0, 0.1) is 0 Å². The molecule has 0 bridgehead atoms. The predicted molar refractivity (Wildman–Crippen MR) is 307 cm³/mol. The maximum absolute atomic E-state index is 12.9. The molecular formula is C65H108O6. The first-order valence-corrected chi connectivity index (χ1v) is 29.4. The number of carbonyl (C=O) groups excluding carboxylic acids is 3. The molecule has 0 N–H and O–H groups in total. The maximum Gasteiger partial charge on any atom is 0.306 e. The van der Waals surface area contributed by atoms with Crippen molar-refractivity contribution in [3.05, 3.63) is 109 Å². The summed E-state index contributed by atoms with van der Waals surface area (Å²) in [7, 11) is 0. The molecule has 0 unspecified atom stereocenters. The van der Waals surface area contributed by atoms with Gasteiger partial charge in [-0.05, 0) is 103 Å². The first-order chi connectivity index (χ1) is 35.0. The third-order valence-electron chi connectivity index (χ3n) is 12.3. The van der Waals surface area contributed by atoms with E-state index in [1.807, 2.05) is 6.08 Å². The minimum atomic E-state index is -0.822. The normalized spacial score (nSPS) is 12.9. The van der Waals surface area contributed by atoms with Gasteiger partial charge >= 0.3 is 17.9 Å². The number of hydrogen-bond acceptors (Lipinski definition) is 6. The predicted octanol–water partition coefficient (Wildman–Crippen LogP) is 19.9. The Kier molecular flexibility index (Phi) is 55.4. The first-order valence-electron chi connectivity index (χ1n) is 29.4. The lowest BCUT2D eigenvalue weighted by Crippen LogP contribution is -2.30. The highest BCUT2D eigenvalue weighted by atomic mass is 16.6. The van der Waals surface area contributed by atoms with Crippen molar-refractivity contribution in [2.75, 3.05) is 13.2 Å². The molecule has 0 rings (SSSR count). The van der Waals surface area contributed by atoms with E-state index in [4.69, 9.17) is 14.2 Å². The van der Waals surface area contributed by atoms with Crippen molar-refractivity contribution < 1.29 is 28.6 Å². The van der Waals surface area contributed by atoms with E-state index in [0.717, 1.165) is 89.9 Å². The Hall–Kier alpha value is -3.93. The second kappa shape index (κ2) is 58.6. The molecule has 404 valence electrons. The van der Waals surface area contributed by atoms with Crippen LogP contribution < -0.4 is 0 Å². The van der Waals surface area contributed by atoms with Crippen LogP contribution in [0.25, 0.3) is 0 Å². The Morgan fingerprint density at radius 1 is 0.282 bits per heavy atom. The highest BCUT2D eigenvalue weighted by Crippen LogP contribution is 2.15. The molecule has 71 heavy (non-hydrogen) atoms. The molecule has 0 fully saturated rings. The Labute approximate surface area is 438 Å². The van der Waals surface area contributed by atoms with Gasteiger partial charge in [-0.3, -0.25) is 14.4 Å². The SMILES string of the molecule is CCCCC/C=C\C/C=C\C/C=C\C/C=C\C/C=C\CCC(=O)OC[C@H](COC(=O)CCCCC/C=C\C/C=C\C/C=C\C/C=C\CCCCC)OC(=O)CCCCCCCCCCCCCCCCC. The molecular weight excluding hydrogens is 877 g/mol. The summed E-state index contributed by atoms with van der Waals surface area (Å²) >= 11 is 0. The van der Waals surface area contributed by atoms with E-state index in [2.05, 4.69) is 124 Å². The summed E-state index contributed by atoms with van der Waals surface area (Å²) in [5.41, 5.74) is 0. The number of carbonyl (C=O) groups is 3. The Morgan fingerprint density at radius 3 is 0.901 bits per heavy atom. The van der Waals surface area contributed by atoms with Crippen molar-refractivity contribution in [2.45, 2.75) is 271 Å². The molecule has 0 saturated heterocycles. The second-order valence-corrected chi connectivity index (χ2v) is 19.2. The van der Waals surface area contributed by atoms with Gasteiger partial charge in [-0.15, -0.1) is 0 Å². The summed E-state index contributed by atoms with van der Waals surface area (Å²) in [6, 6.07) is 0. The van der Waals surface area contributed by atoms with Gasteiger partial charge in [0.1, 0.15) is 13.2 Å². The molecule has 0 aromatic heterocycles. The van der Waals surface area contributed by atoms with E-state index in [1.165, 1.54) is 128 Å². The van der Waals surface area contributed by atoms with E-state index in [-0.39, 0.29) is 37.5 Å². The molecule has 1 atom stereocenters. The van der Waals surface area contributed by atoms with Gasteiger partial charge in [0.05, 0.1) is 0 Å². The molecule has 0 saturated carbocycles. The first kappa shape index (κ1) is 67.1. The van der Waals surface area contributed by atoms with Crippen LogP contribution in [0.2, 0.25) is 0 Å². The quantitative estimate of drug-likeness (QED) is 0.0261. The van der Waals surface area contributed by atoms with Crippen molar-refractivity contribution in [2.24, 2.45) is 0 Å². The lowest BCUT2D eigenvalue weighted by atomic mass is 10.0. The van der Waals surface area contributed by atoms with E-state index in [1.54, 1.807) is 0 Å².